The molecule has 2 aromatic rings. The van der Waals surface area contributed by atoms with E-state index in [4.69, 9.17) is 9.15 Å². The number of carbonyl (C=O) groups is 1. The molecule has 6 nitrogen and oxygen atoms in total. The van der Waals surface area contributed by atoms with Gasteiger partial charge in [-0.3, -0.25) is 9.69 Å². The lowest BCUT2D eigenvalue weighted by molar-refractivity contribution is -0.129. The van der Waals surface area contributed by atoms with E-state index in [1.165, 1.54) is 6.07 Å². The van der Waals surface area contributed by atoms with Crippen LogP contribution in [-0.2, 0) is 9.53 Å². The normalized spacial score (nSPS) is 16.2. The predicted octanol–water partition coefficient (Wildman–Crippen LogP) is 2.46. The Morgan fingerprint density at radius 3 is 2.48 bits per heavy atom. The number of carbonyl (C=O) groups excluding carboxylic acids is 1. The number of ether oxygens (including phenoxy) is 1. The summed E-state index contributed by atoms with van der Waals surface area (Å²) in [6, 6.07) is 5.12. The molecule has 6 heteroatoms. The lowest BCUT2D eigenvalue weighted by atomic mass is 10.00. The number of benzene rings is 1. The number of nitrogens with zero attached hydrogens (tertiary/aromatic N) is 1. The molecule has 0 atom stereocenters. The number of anilines is 1. The number of fused-ring (bicyclic) bond motifs is 1. The Labute approximate surface area is 146 Å². The number of hydrogen-bond acceptors (Lipinski definition) is 5. The van der Waals surface area contributed by atoms with Gasteiger partial charge in [0.25, 0.3) is 0 Å². The highest BCUT2D eigenvalue weighted by Crippen LogP contribution is 2.27. The number of hydrogen-bond donors (Lipinski definition) is 1. The third-order valence-electron chi connectivity index (χ3n) is 4.90. The van der Waals surface area contributed by atoms with E-state index in [9.17, 15) is 9.59 Å². The first-order valence-electron chi connectivity index (χ1n) is 8.48. The number of amides is 1. The van der Waals surface area contributed by atoms with Gasteiger partial charge in [0, 0.05) is 30.2 Å². The zero-order chi connectivity index (χ0) is 18.2. The maximum Gasteiger partial charge on any atom is 0.336 e. The summed E-state index contributed by atoms with van der Waals surface area (Å²) in [5.41, 5.74) is 1.95. The van der Waals surface area contributed by atoms with Crippen molar-refractivity contribution in [3.63, 3.8) is 0 Å². The van der Waals surface area contributed by atoms with Gasteiger partial charge in [-0.25, -0.2) is 4.79 Å². The van der Waals surface area contributed by atoms with Gasteiger partial charge >= 0.3 is 5.63 Å². The van der Waals surface area contributed by atoms with E-state index in [-0.39, 0.29) is 11.5 Å². The van der Waals surface area contributed by atoms with E-state index in [2.05, 4.69) is 10.2 Å². The fourth-order valence-corrected chi connectivity index (χ4v) is 3.14. The molecule has 1 aromatic heterocycles. The molecule has 3 rings (SSSR count). The second-order valence-corrected chi connectivity index (χ2v) is 7.02. The Kier molecular flexibility index (Phi) is 4.67. The van der Waals surface area contributed by atoms with Crippen molar-refractivity contribution in [1.82, 2.24) is 4.90 Å². The average molecular weight is 344 g/mol. The van der Waals surface area contributed by atoms with E-state index in [0.717, 1.165) is 35.3 Å². The summed E-state index contributed by atoms with van der Waals surface area (Å²) < 4.78 is 10.6. The van der Waals surface area contributed by atoms with E-state index >= 15 is 0 Å². The van der Waals surface area contributed by atoms with Crippen molar-refractivity contribution < 1.29 is 13.9 Å². The molecule has 1 fully saturated rings. The van der Waals surface area contributed by atoms with Crippen LogP contribution in [0.15, 0.2) is 27.4 Å². The third kappa shape index (κ3) is 3.45. The minimum Gasteiger partial charge on any atom is -0.423 e. The average Bonchev–Trinajstić information content (AvgIpc) is 2.56. The largest absolute Gasteiger partial charge is 0.423 e. The quantitative estimate of drug-likeness (QED) is 0.866. The number of aryl methyl sites for hydroxylation is 2. The molecule has 1 saturated heterocycles. The fourth-order valence-electron chi connectivity index (χ4n) is 3.14. The van der Waals surface area contributed by atoms with Crippen LogP contribution in [0.5, 0.6) is 0 Å². The minimum absolute atomic E-state index is 0.0631. The Bertz CT molecular complexity index is 864. The standard InChI is InChI=1S/C19H24N2O4/c1-12-10-17(22)25-16-9-13(2)15(11-14(12)16)20-18(23)19(3,4)21-5-7-24-8-6-21/h9-11H,5-8H2,1-4H3,(H,20,23). The van der Waals surface area contributed by atoms with Crippen LogP contribution in [0.2, 0.25) is 0 Å². The van der Waals surface area contributed by atoms with Crippen molar-refractivity contribution in [1.29, 1.82) is 0 Å². The molecule has 0 bridgehead atoms. The molecule has 1 aromatic carbocycles. The second kappa shape index (κ2) is 6.61. The molecule has 0 unspecified atom stereocenters. The van der Waals surface area contributed by atoms with Gasteiger partial charge in [-0.2, -0.15) is 0 Å². The van der Waals surface area contributed by atoms with E-state index < -0.39 is 5.54 Å². The van der Waals surface area contributed by atoms with Crippen LogP contribution >= 0.6 is 0 Å². The van der Waals surface area contributed by atoms with Crippen molar-refractivity contribution in [2.45, 2.75) is 33.2 Å². The van der Waals surface area contributed by atoms with Crippen molar-refractivity contribution >= 4 is 22.6 Å². The second-order valence-electron chi connectivity index (χ2n) is 7.02. The predicted molar refractivity (Wildman–Crippen MR) is 97.1 cm³/mol. The molecule has 1 aliphatic rings. The molecule has 1 aliphatic heterocycles. The summed E-state index contributed by atoms with van der Waals surface area (Å²) in [5.74, 6) is -0.0631. The smallest absolute Gasteiger partial charge is 0.336 e. The zero-order valence-corrected chi connectivity index (χ0v) is 15.1. The molecule has 134 valence electrons. The lowest BCUT2D eigenvalue weighted by Gasteiger charge is -2.39. The summed E-state index contributed by atoms with van der Waals surface area (Å²) in [6.45, 7) is 10.4. The van der Waals surface area contributed by atoms with Gasteiger partial charge in [-0.1, -0.05) is 0 Å². The highest BCUT2D eigenvalue weighted by molar-refractivity contribution is 6.00. The molecular formula is C19H24N2O4. The Hall–Kier alpha value is -2.18. The van der Waals surface area contributed by atoms with Crippen LogP contribution in [0, 0.1) is 13.8 Å². The zero-order valence-electron chi connectivity index (χ0n) is 15.1. The van der Waals surface area contributed by atoms with Gasteiger partial charge in [0.2, 0.25) is 5.91 Å². The Balaban J connectivity index is 1.90. The maximum absolute atomic E-state index is 12.9. The summed E-state index contributed by atoms with van der Waals surface area (Å²) in [5, 5.41) is 3.86. The molecular weight excluding hydrogens is 320 g/mol. The van der Waals surface area contributed by atoms with E-state index in [1.54, 1.807) is 6.07 Å². The highest BCUT2D eigenvalue weighted by Gasteiger charge is 2.35. The fraction of sp³-hybridized carbons (Fsp3) is 0.474. The monoisotopic (exact) mass is 344 g/mol. The first-order valence-corrected chi connectivity index (χ1v) is 8.48. The Morgan fingerprint density at radius 1 is 1.12 bits per heavy atom. The van der Waals surface area contributed by atoms with Gasteiger partial charge in [0.05, 0.1) is 18.8 Å². The van der Waals surface area contributed by atoms with Crippen molar-refractivity contribution in [2.75, 3.05) is 31.6 Å². The summed E-state index contributed by atoms with van der Waals surface area (Å²) in [7, 11) is 0. The summed E-state index contributed by atoms with van der Waals surface area (Å²) in [6.07, 6.45) is 0. The molecule has 1 amide bonds. The summed E-state index contributed by atoms with van der Waals surface area (Å²) in [4.78, 5) is 26.6. The van der Waals surface area contributed by atoms with Crippen LogP contribution in [0.25, 0.3) is 11.0 Å². The number of morpholine rings is 1. The Morgan fingerprint density at radius 2 is 1.80 bits per heavy atom. The van der Waals surface area contributed by atoms with Crippen LogP contribution in [-0.4, -0.2) is 42.6 Å². The number of nitrogens with one attached hydrogen (secondary N) is 1. The van der Waals surface area contributed by atoms with Gasteiger partial charge in [0.1, 0.15) is 5.58 Å². The van der Waals surface area contributed by atoms with Crippen LogP contribution in [0.1, 0.15) is 25.0 Å². The molecule has 2 heterocycles. The molecule has 0 saturated carbocycles. The van der Waals surface area contributed by atoms with E-state index in [0.29, 0.717) is 18.8 Å². The van der Waals surface area contributed by atoms with Crippen molar-refractivity contribution in [3.05, 3.63) is 39.7 Å². The third-order valence-corrected chi connectivity index (χ3v) is 4.90. The van der Waals surface area contributed by atoms with Crippen molar-refractivity contribution in [3.8, 4) is 0 Å². The van der Waals surface area contributed by atoms with Crippen LogP contribution in [0.3, 0.4) is 0 Å². The van der Waals surface area contributed by atoms with Crippen LogP contribution in [0.4, 0.5) is 5.69 Å². The van der Waals surface area contributed by atoms with Crippen molar-refractivity contribution in [2.24, 2.45) is 0 Å². The van der Waals surface area contributed by atoms with Gasteiger partial charge in [-0.05, 0) is 51.0 Å². The maximum atomic E-state index is 12.9. The first kappa shape index (κ1) is 17.6. The van der Waals surface area contributed by atoms with Crippen LogP contribution < -0.4 is 10.9 Å². The molecule has 0 aliphatic carbocycles. The van der Waals surface area contributed by atoms with Gasteiger partial charge < -0.3 is 14.5 Å². The summed E-state index contributed by atoms with van der Waals surface area (Å²) >= 11 is 0. The molecule has 25 heavy (non-hydrogen) atoms. The molecule has 0 radical (unpaired) electrons. The highest BCUT2D eigenvalue weighted by atomic mass is 16.5. The SMILES string of the molecule is Cc1cc2oc(=O)cc(C)c2cc1NC(=O)C(C)(C)N1CCOCC1. The number of rotatable bonds is 3. The minimum atomic E-state index is -0.635. The topological polar surface area (TPSA) is 71.8 Å². The first-order chi connectivity index (χ1) is 11.8. The van der Waals surface area contributed by atoms with Gasteiger partial charge in [-0.15, -0.1) is 0 Å². The van der Waals surface area contributed by atoms with Gasteiger partial charge in [0.15, 0.2) is 0 Å². The van der Waals surface area contributed by atoms with E-state index in [1.807, 2.05) is 33.8 Å². The lowest BCUT2D eigenvalue weighted by Crippen LogP contribution is -2.56. The molecule has 0 spiro atoms. The molecule has 1 N–H and O–H groups in total.